The maximum atomic E-state index is 13.3. The third-order valence-electron chi connectivity index (χ3n) is 5.45. The van der Waals surface area contributed by atoms with Crippen LogP contribution in [-0.4, -0.2) is 35.6 Å². The Hall–Kier alpha value is -1.77. The second-order valence-electron chi connectivity index (χ2n) is 8.26. The summed E-state index contributed by atoms with van der Waals surface area (Å²) in [5.74, 6) is -0.295. The molecule has 0 bridgehead atoms. The number of hydrogen-bond acceptors (Lipinski definition) is 3. The number of nitrogens with zero attached hydrogens (tertiary/aromatic N) is 3. The lowest BCUT2D eigenvalue weighted by atomic mass is 9.74. The molecule has 4 rings (SSSR count). The monoisotopic (exact) mass is 392 g/mol. The number of nitrogens with one attached hydrogen (secondary N) is 1. The van der Waals surface area contributed by atoms with Crippen LogP contribution < -0.4 is 4.72 Å². The quantitative estimate of drug-likeness (QED) is 0.870. The molecule has 0 amide bonds. The summed E-state index contributed by atoms with van der Waals surface area (Å²) in [5, 5.41) is 4.49. The summed E-state index contributed by atoms with van der Waals surface area (Å²) >= 11 is 0. The van der Waals surface area contributed by atoms with Crippen LogP contribution in [0.15, 0.2) is 30.5 Å². The molecule has 1 aromatic heterocycles. The molecule has 1 aliphatic carbocycles. The molecule has 6 nitrogen and oxygen atoms in total. The summed E-state index contributed by atoms with van der Waals surface area (Å²) in [7, 11) is -3.52. The van der Waals surface area contributed by atoms with Gasteiger partial charge in [-0.25, -0.2) is 9.07 Å². The Balaban J connectivity index is 1.69. The molecular weight excluding hydrogens is 367 g/mol. The molecule has 2 heterocycles. The standard InChI is InChI=1S/C19H25FN4O2S/c1-19(2)11-17(22-27(25,26)23-9-3-4-10-23)16-13-21-24(18(16)12-19)15-7-5-14(20)6-8-15/h5-8,13,17,22H,3-4,9-12H2,1-2H3. The molecule has 2 aliphatic rings. The fraction of sp³-hybridized carbons (Fsp3) is 0.526. The Labute approximate surface area is 159 Å². The van der Waals surface area contributed by atoms with Gasteiger partial charge in [-0.1, -0.05) is 13.8 Å². The minimum Gasteiger partial charge on any atom is -0.237 e. The first kappa shape index (κ1) is 18.6. The zero-order valence-electron chi connectivity index (χ0n) is 15.7. The Morgan fingerprint density at radius 1 is 1.19 bits per heavy atom. The van der Waals surface area contributed by atoms with Gasteiger partial charge in [-0.3, -0.25) is 0 Å². The van der Waals surface area contributed by atoms with Gasteiger partial charge in [0.25, 0.3) is 10.2 Å². The topological polar surface area (TPSA) is 67.2 Å². The Bertz CT molecular complexity index is 931. The van der Waals surface area contributed by atoms with Crippen molar-refractivity contribution in [2.24, 2.45) is 5.41 Å². The highest BCUT2D eigenvalue weighted by Gasteiger charge is 2.38. The molecule has 2 aromatic rings. The van der Waals surface area contributed by atoms with Gasteiger partial charge in [0.1, 0.15) is 5.82 Å². The minimum absolute atomic E-state index is 0.0803. The molecule has 1 fully saturated rings. The third-order valence-corrected chi connectivity index (χ3v) is 7.07. The molecule has 0 spiro atoms. The molecule has 1 atom stereocenters. The predicted molar refractivity (Wildman–Crippen MR) is 101 cm³/mol. The lowest BCUT2D eigenvalue weighted by Crippen LogP contribution is -2.43. The summed E-state index contributed by atoms with van der Waals surface area (Å²) in [6, 6.07) is 5.88. The van der Waals surface area contributed by atoms with E-state index in [1.807, 2.05) is 0 Å². The van der Waals surface area contributed by atoms with Crippen LogP contribution in [0.4, 0.5) is 4.39 Å². The molecule has 27 heavy (non-hydrogen) atoms. The third kappa shape index (κ3) is 3.66. The summed E-state index contributed by atoms with van der Waals surface area (Å²) < 4.78 is 45.1. The summed E-state index contributed by atoms with van der Waals surface area (Å²) in [4.78, 5) is 0. The van der Waals surface area contributed by atoms with Crippen molar-refractivity contribution in [2.45, 2.75) is 45.6 Å². The van der Waals surface area contributed by atoms with E-state index in [2.05, 4.69) is 23.7 Å². The zero-order chi connectivity index (χ0) is 19.2. The highest BCUT2D eigenvalue weighted by atomic mass is 32.2. The fourth-order valence-corrected chi connectivity index (χ4v) is 5.59. The minimum atomic E-state index is -3.52. The SMILES string of the molecule is CC1(C)Cc2c(cnn2-c2ccc(F)cc2)C(NS(=O)(=O)N2CCCC2)C1. The van der Waals surface area contributed by atoms with Crippen molar-refractivity contribution >= 4 is 10.2 Å². The van der Waals surface area contributed by atoms with E-state index in [1.54, 1.807) is 23.0 Å². The lowest BCUT2D eigenvalue weighted by Gasteiger charge is -2.36. The number of halogens is 1. The van der Waals surface area contributed by atoms with Crippen LogP contribution in [0.1, 0.15) is 50.4 Å². The summed E-state index contributed by atoms with van der Waals surface area (Å²) in [6.45, 7) is 5.42. The first-order valence-electron chi connectivity index (χ1n) is 9.35. The van der Waals surface area contributed by atoms with E-state index in [0.717, 1.165) is 36.2 Å². The van der Waals surface area contributed by atoms with Crippen molar-refractivity contribution < 1.29 is 12.8 Å². The van der Waals surface area contributed by atoms with Crippen LogP contribution in [0.25, 0.3) is 5.69 Å². The molecule has 1 aromatic carbocycles. The smallest absolute Gasteiger partial charge is 0.237 e. The van der Waals surface area contributed by atoms with Gasteiger partial charge in [-0.2, -0.15) is 22.5 Å². The first-order valence-corrected chi connectivity index (χ1v) is 10.8. The summed E-state index contributed by atoms with van der Waals surface area (Å²) in [6.07, 6.45) is 5.05. The van der Waals surface area contributed by atoms with Crippen molar-refractivity contribution in [3.05, 3.63) is 47.5 Å². The molecule has 8 heteroatoms. The maximum absolute atomic E-state index is 13.3. The molecule has 1 aliphatic heterocycles. The lowest BCUT2D eigenvalue weighted by molar-refractivity contribution is 0.266. The van der Waals surface area contributed by atoms with E-state index in [0.29, 0.717) is 19.5 Å². The molecule has 1 N–H and O–H groups in total. The Morgan fingerprint density at radius 3 is 2.52 bits per heavy atom. The molecule has 1 saturated heterocycles. The van der Waals surface area contributed by atoms with Gasteiger partial charge in [0.15, 0.2) is 0 Å². The van der Waals surface area contributed by atoms with Crippen molar-refractivity contribution in [2.75, 3.05) is 13.1 Å². The largest absolute Gasteiger partial charge is 0.280 e. The summed E-state index contributed by atoms with van der Waals surface area (Å²) in [5.41, 5.74) is 2.58. The van der Waals surface area contributed by atoms with Gasteiger partial charge in [0.05, 0.1) is 17.9 Å². The van der Waals surface area contributed by atoms with Crippen LogP contribution in [-0.2, 0) is 16.6 Å². The molecule has 0 radical (unpaired) electrons. The number of benzene rings is 1. The Morgan fingerprint density at radius 2 is 1.85 bits per heavy atom. The van der Waals surface area contributed by atoms with Gasteiger partial charge in [0.2, 0.25) is 0 Å². The van der Waals surface area contributed by atoms with Gasteiger partial charge in [-0.05, 0) is 55.4 Å². The van der Waals surface area contributed by atoms with Crippen molar-refractivity contribution in [1.82, 2.24) is 18.8 Å². The van der Waals surface area contributed by atoms with Gasteiger partial charge < -0.3 is 0 Å². The highest BCUT2D eigenvalue weighted by Crippen LogP contribution is 2.41. The number of rotatable bonds is 4. The molecular formula is C19H25FN4O2S. The number of aromatic nitrogens is 2. The van der Waals surface area contributed by atoms with E-state index in [4.69, 9.17) is 0 Å². The van der Waals surface area contributed by atoms with Crippen LogP contribution >= 0.6 is 0 Å². The maximum Gasteiger partial charge on any atom is 0.280 e. The average molecular weight is 393 g/mol. The predicted octanol–water partition coefficient (Wildman–Crippen LogP) is 2.96. The van der Waals surface area contributed by atoms with Crippen molar-refractivity contribution in [3.63, 3.8) is 0 Å². The Kier molecular flexibility index (Phi) is 4.60. The van der Waals surface area contributed by atoms with Crippen LogP contribution in [0, 0.1) is 11.2 Å². The molecule has 146 valence electrons. The second kappa shape index (κ2) is 6.68. The van der Waals surface area contributed by atoms with E-state index in [1.165, 1.54) is 16.4 Å². The van der Waals surface area contributed by atoms with Crippen LogP contribution in [0.2, 0.25) is 0 Å². The molecule has 1 unspecified atom stereocenters. The highest BCUT2D eigenvalue weighted by molar-refractivity contribution is 7.87. The van der Waals surface area contributed by atoms with E-state index in [-0.39, 0.29) is 17.3 Å². The zero-order valence-corrected chi connectivity index (χ0v) is 16.5. The van der Waals surface area contributed by atoms with Crippen molar-refractivity contribution in [3.8, 4) is 5.69 Å². The van der Waals surface area contributed by atoms with Crippen molar-refractivity contribution in [1.29, 1.82) is 0 Å². The van der Waals surface area contributed by atoms with Gasteiger partial charge in [-0.15, -0.1) is 0 Å². The van der Waals surface area contributed by atoms with Crippen LogP contribution in [0.3, 0.4) is 0 Å². The number of hydrogen-bond donors (Lipinski definition) is 1. The first-order chi connectivity index (χ1) is 12.8. The van der Waals surface area contributed by atoms with E-state index >= 15 is 0 Å². The van der Waals surface area contributed by atoms with Crippen LogP contribution in [0.5, 0.6) is 0 Å². The van der Waals surface area contributed by atoms with E-state index in [9.17, 15) is 12.8 Å². The average Bonchev–Trinajstić information content (AvgIpc) is 3.24. The van der Waals surface area contributed by atoms with Gasteiger partial charge in [0, 0.05) is 24.3 Å². The van der Waals surface area contributed by atoms with E-state index < -0.39 is 10.2 Å². The number of fused-ring (bicyclic) bond motifs is 1. The second-order valence-corrected chi connectivity index (χ2v) is 9.96. The molecule has 0 saturated carbocycles. The van der Waals surface area contributed by atoms with Gasteiger partial charge >= 0.3 is 0 Å². The fourth-order valence-electron chi connectivity index (χ4n) is 4.14. The normalized spacial score (nSPS) is 22.7.